The zero-order chi connectivity index (χ0) is 22.4. The number of amides is 1. The van der Waals surface area contributed by atoms with E-state index in [0.717, 1.165) is 25.5 Å². The Kier molecular flexibility index (Phi) is 6.64. The van der Waals surface area contributed by atoms with Crippen molar-refractivity contribution in [1.82, 2.24) is 20.2 Å². The molecule has 2 unspecified atom stereocenters. The SMILES string of the molecule is CNC12CCC(Cn3c1nc(C(=O)NCc1ccc(F)cc1)c(OS(C)(=O)=O)c3=O)C2.Cl. The summed E-state index contributed by atoms with van der Waals surface area (Å²) in [6, 6.07) is 5.54. The molecule has 0 spiro atoms. The molecule has 1 saturated carbocycles. The highest BCUT2D eigenvalue weighted by molar-refractivity contribution is 7.86. The van der Waals surface area contributed by atoms with E-state index in [0.29, 0.717) is 17.9 Å². The molecule has 1 amide bonds. The van der Waals surface area contributed by atoms with Crippen LogP contribution in [0, 0.1) is 11.7 Å². The molecule has 2 aliphatic rings. The second kappa shape index (κ2) is 8.80. The molecule has 174 valence electrons. The fourth-order valence-corrected chi connectivity index (χ4v) is 4.88. The van der Waals surface area contributed by atoms with Crippen molar-refractivity contribution >= 4 is 28.4 Å². The van der Waals surface area contributed by atoms with Crippen molar-refractivity contribution < 1.29 is 21.8 Å². The molecule has 1 fully saturated rings. The predicted octanol–water partition coefficient (Wildman–Crippen LogP) is 1.30. The molecule has 32 heavy (non-hydrogen) atoms. The van der Waals surface area contributed by atoms with Crippen LogP contribution in [0.5, 0.6) is 5.75 Å². The van der Waals surface area contributed by atoms with Crippen molar-refractivity contribution in [3.8, 4) is 5.75 Å². The molecular formula is C20H24ClFN4O5S. The van der Waals surface area contributed by atoms with Crippen molar-refractivity contribution in [3.63, 3.8) is 0 Å². The fraction of sp³-hybridized carbons (Fsp3) is 0.450. The first-order valence-corrected chi connectivity index (χ1v) is 11.7. The minimum Gasteiger partial charge on any atom is -0.374 e. The van der Waals surface area contributed by atoms with Gasteiger partial charge >= 0.3 is 10.1 Å². The maximum Gasteiger partial charge on any atom is 0.306 e. The first-order chi connectivity index (χ1) is 14.6. The van der Waals surface area contributed by atoms with Gasteiger partial charge in [-0.3, -0.25) is 14.2 Å². The van der Waals surface area contributed by atoms with Crippen LogP contribution in [0.4, 0.5) is 4.39 Å². The monoisotopic (exact) mass is 486 g/mol. The summed E-state index contributed by atoms with van der Waals surface area (Å²) in [5, 5.41) is 5.84. The lowest BCUT2D eigenvalue weighted by molar-refractivity contribution is 0.0941. The first-order valence-electron chi connectivity index (χ1n) is 9.88. The Hall–Kier alpha value is -2.50. The van der Waals surface area contributed by atoms with E-state index in [4.69, 9.17) is 4.18 Å². The van der Waals surface area contributed by atoms with Gasteiger partial charge in [0.05, 0.1) is 11.8 Å². The Morgan fingerprint density at radius 1 is 1.34 bits per heavy atom. The lowest BCUT2D eigenvalue weighted by atomic mass is 9.91. The van der Waals surface area contributed by atoms with Gasteiger partial charge in [-0.1, -0.05) is 12.1 Å². The molecule has 1 aromatic heterocycles. The van der Waals surface area contributed by atoms with Gasteiger partial charge in [0.15, 0.2) is 5.69 Å². The molecule has 9 nitrogen and oxygen atoms in total. The number of hydrogen-bond acceptors (Lipinski definition) is 7. The van der Waals surface area contributed by atoms with Gasteiger partial charge in [0, 0.05) is 13.1 Å². The molecule has 0 radical (unpaired) electrons. The van der Waals surface area contributed by atoms with Crippen LogP contribution in [-0.4, -0.2) is 37.2 Å². The number of rotatable bonds is 6. The number of aromatic nitrogens is 2. The van der Waals surface area contributed by atoms with Crippen LogP contribution in [-0.2, 0) is 28.7 Å². The molecule has 0 saturated heterocycles. The minimum atomic E-state index is -4.08. The minimum absolute atomic E-state index is 0. The van der Waals surface area contributed by atoms with E-state index in [2.05, 4.69) is 15.6 Å². The van der Waals surface area contributed by atoms with E-state index in [1.807, 2.05) is 0 Å². The maximum absolute atomic E-state index is 13.2. The van der Waals surface area contributed by atoms with Gasteiger partial charge in [0.1, 0.15) is 11.6 Å². The van der Waals surface area contributed by atoms with Crippen molar-refractivity contribution in [2.24, 2.45) is 5.92 Å². The van der Waals surface area contributed by atoms with E-state index < -0.39 is 38.7 Å². The van der Waals surface area contributed by atoms with Gasteiger partial charge in [-0.15, -0.1) is 12.4 Å². The quantitative estimate of drug-likeness (QED) is 0.590. The number of nitrogens with zero attached hydrogens (tertiary/aromatic N) is 2. The number of benzene rings is 1. The third kappa shape index (κ3) is 4.50. The van der Waals surface area contributed by atoms with Crippen LogP contribution >= 0.6 is 12.4 Å². The third-order valence-electron chi connectivity index (χ3n) is 5.91. The summed E-state index contributed by atoms with van der Waals surface area (Å²) in [6.45, 7) is 0.430. The molecule has 1 aliphatic heterocycles. The second-order valence-corrected chi connectivity index (χ2v) is 9.64. The van der Waals surface area contributed by atoms with E-state index in [1.165, 1.54) is 28.8 Å². The van der Waals surface area contributed by atoms with Crippen LogP contribution in [0.3, 0.4) is 0 Å². The highest BCUT2D eigenvalue weighted by Crippen LogP contribution is 2.45. The summed E-state index contributed by atoms with van der Waals surface area (Å²) in [7, 11) is -2.30. The second-order valence-electron chi connectivity index (χ2n) is 8.07. The maximum atomic E-state index is 13.2. The Morgan fingerprint density at radius 2 is 2.03 bits per heavy atom. The molecule has 12 heteroatoms. The van der Waals surface area contributed by atoms with Crippen molar-refractivity contribution in [3.05, 3.63) is 57.5 Å². The van der Waals surface area contributed by atoms with Crippen LogP contribution in [0.25, 0.3) is 0 Å². The zero-order valence-corrected chi connectivity index (χ0v) is 19.2. The molecule has 1 aliphatic carbocycles. The van der Waals surface area contributed by atoms with Gasteiger partial charge in [-0.2, -0.15) is 8.42 Å². The van der Waals surface area contributed by atoms with Gasteiger partial charge in [-0.25, -0.2) is 9.37 Å². The zero-order valence-electron chi connectivity index (χ0n) is 17.6. The van der Waals surface area contributed by atoms with Gasteiger partial charge in [0.25, 0.3) is 11.5 Å². The van der Waals surface area contributed by atoms with E-state index >= 15 is 0 Å². The highest BCUT2D eigenvalue weighted by atomic mass is 35.5. The van der Waals surface area contributed by atoms with Crippen LogP contribution in [0.15, 0.2) is 29.1 Å². The van der Waals surface area contributed by atoms with Crippen molar-refractivity contribution in [2.75, 3.05) is 13.3 Å². The number of halogens is 2. The first kappa shape index (κ1) is 24.1. The number of carbonyl (C=O) groups is 1. The fourth-order valence-electron chi connectivity index (χ4n) is 4.42. The molecule has 2 heterocycles. The molecule has 1 aromatic carbocycles. The summed E-state index contributed by atoms with van der Waals surface area (Å²) in [6.07, 6.45) is 3.22. The summed E-state index contributed by atoms with van der Waals surface area (Å²) >= 11 is 0. The summed E-state index contributed by atoms with van der Waals surface area (Å²) < 4.78 is 43.0. The van der Waals surface area contributed by atoms with E-state index in [1.54, 1.807) is 7.05 Å². The summed E-state index contributed by atoms with van der Waals surface area (Å²) in [4.78, 5) is 30.6. The Balaban J connectivity index is 0.00000289. The van der Waals surface area contributed by atoms with Gasteiger partial charge in [0.2, 0.25) is 5.75 Å². The molecule has 2 bridgehead atoms. The Bertz CT molecular complexity index is 1200. The topological polar surface area (TPSA) is 119 Å². The van der Waals surface area contributed by atoms with Gasteiger partial charge in [-0.05, 0) is 49.9 Å². The average Bonchev–Trinajstić information content (AvgIpc) is 3.07. The number of fused-ring (bicyclic) bond motifs is 4. The average molecular weight is 487 g/mol. The largest absolute Gasteiger partial charge is 0.374 e. The molecule has 2 aromatic rings. The van der Waals surface area contributed by atoms with Crippen LogP contribution in [0.2, 0.25) is 0 Å². The van der Waals surface area contributed by atoms with E-state index in [9.17, 15) is 22.4 Å². The van der Waals surface area contributed by atoms with Crippen molar-refractivity contribution in [2.45, 2.75) is 37.9 Å². The number of hydrogen-bond donors (Lipinski definition) is 2. The molecular weight excluding hydrogens is 463 g/mol. The molecule has 4 rings (SSSR count). The lowest BCUT2D eigenvalue weighted by Crippen LogP contribution is -2.48. The van der Waals surface area contributed by atoms with Crippen molar-refractivity contribution in [1.29, 1.82) is 0 Å². The normalized spacial score (nSPS) is 21.4. The molecule has 2 N–H and O–H groups in total. The number of carbonyl (C=O) groups excluding carboxylic acids is 1. The lowest BCUT2D eigenvalue weighted by Gasteiger charge is -2.35. The Morgan fingerprint density at radius 3 is 2.66 bits per heavy atom. The third-order valence-corrected chi connectivity index (χ3v) is 6.38. The standard InChI is InChI=1S/C20H23FN4O5S.ClH/c1-22-20-8-7-13(9-20)11-25-18(27)16(30-31(2,28)29)15(24-19(20)25)17(26)23-10-12-3-5-14(21)6-4-12;/h3-6,13,22H,7-11H2,1-2H3,(H,23,26);1H. The summed E-state index contributed by atoms with van der Waals surface area (Å²) in [5.41, 5.74) is -1.02. The smallest absolute Gasteiger partial charge is 0.306 e. The van der Waals surface area contributed by atoms with Gasteiger partial charge < -0.3 is 14.8 Å². The Labute approximate surface area is 190 Å². The molecule has 2 atom stereocenters. The van der Waals surface area contributed by atoms with Crippen LogP contribution < -0.4 is 20.4 Å². The number of nitrogens with one attached hydrogen (secondary N) is 2. The van der Waals surface area contributed by atoms with E-state index in [-0.39, 0.29) is 30.6 Å². The predicted molar refractivity (Wildman–Crippen MR) is 117 cm³/mol. The van der Waals surface area contributed by atoms with Crippen LogP contribution in [0.1, 0.15) is 41.1 Å². The highest BCUT2D eigenvalue weighted by Gasteiger charge is 2.47. The summed E-state index contributed by atoms with van der Waals surface area (Å²) in [5.74, 6) is -1.12.